The van der Waals surface area contributed by atoms with Crippen LogP contribution in [0.2, 0.25) is 0 Å². The molecule has 0 fully saturated rings. The monoisotopic (exact) mass is 317 g/mol. The number of nitro groups is 1. The van der Waals surface area contributed by atoms with Crippen molar-refractivity contribution in [3.05, 3.63) is 28.3 Å². The average molecular weight is 317 g/mol. The summed E-state index contributed by atoms with van der Waals surface area (Å²) in [7, 11) is -2.29. The number of aliphatic hydroxyl groups is 1. The Morgan fingerprint density at radius 3 is 2.57 bits per heavy atom. The lowest BCUT2D eigenvalue weighted by Gasteiger charge is -2.20. The number of aliphatic hydroxyl groups excluding tert-OH is 1. The fraction of sp³-hybridized carbons (Fsp3) is 0.500. The first-order valence-electron chi connectivity index (χ1n) is 6.45. The van der Waals surface area contributed by atoms with Crippen LogP contribution in [-0.2, 0) is 10.0 Å². The Bertz CT molecular complexity index is 603. The van der Waals surface area contributed by atoms with Gasteiger partial charge in [-0.25, -0.2) is 8.42 Å². The number of nitrogens with one attached hydrogen (secondary N) is 1. The SMILES string of the molecule is CCN(CCCO)S(=O)(=O)c1ccc(NC)c([N+](=O)[O-])c1. The van der Waals surface area contributed by atoms with Crippen LogP contribution in [0.3, 0.4) is 0 Å². The third kappa shape index (κ3) is 3.90. The highest BCUT2D eigenvalue weighted by atomic mass is 32.2. The lowest BCUT2D eigenvalue weighted by Crippen LogP contribution is -2.32. The molecule has 0 spiro atoms. The van der Waals surface area contributed by atoms with Gasteiger partial charge in [0, 0.05) is 32.8 Å². The molecule has 9 heteroatoms. The van der Waals surface area contributed by atoms with Crippen molar-refractivity contribution in [3.63, 3.8) is 0 Å². The lowest BCUT2D eigenvalue weighted by molar-refractivity contribution is -0.384. The van der Waals surface area contributed by atoms with Gasteiger partial charge in [0.05, 0.1) is 9.82 Å². The van der Waals surface area contributed by atoms with E-state index in [1.54, 1.807) is 6.92 Å². The molecule has 0 heterocycles. The maximum atomic E-state index is 12.4. The predicted molar refractivity (Wildman–Crippen MR) is 78.8 cm³/mol. The maximum Gasteiger partial charge on any atom is 0.293 e. The van der Waals surface area contributed by atoms with E-state index in [0.29, 0.717) is 6.42 Å². The lowest BCUT2D eigenvalue weighted by atomic mass is 10.3. The predicted octanol–water partition coefficient (Wildman–Crippen LogP) is 1.03. The van der Waals surface area contributed by atoms with Crippen molar-refractivity contribution >= 4 is 21.4 Å². The molecule has 0 aliphatic carbocycles. The molecule has 0 saturated carbocycles. The summed E-state index contributed by atoms with van der Waals surface area (Å²) in [5, 5.41) is 22.5. The molecular formula is C12H19N3O5S. The molecule has 1 aromatic carbocycles. The van der Waals surface area contributed by atoms with Gasteiger partial charge in [0.15, 0.2) is 0 Å². The highest BCUT2D eigenvalue weighted by Crippen LogP contribution is 2.28. The van der Waals surface area contributed by atoms with Crippen LogP contribution in [0, 0.1) is 10.1 Å². The summed E-state index contributed by atoms with van der Waals surface area (Å²) in [6.45, 7) is 1.94. The van der Waals surface area contributed by atoms with E-state index in [9.17, 15) is 18.5 Å². The molecule has 2 N–H and O–H groups in total. The molecule has 1 rings (SSSR count). The van der Waals surface area contributed by atoms with Gasteiger partial charge in [-0.05, 0) is 18.6 Å². The number of benzene rings is 1. The second kappa shape index (κ2) is 7.34. The highest BCUT2D eigenvalue weighted by molar-refractivity contribution is 7.89. The molecule has 0 saturated heterocycles. The molecule has 21 heavy (non-hydrogen) atoms. The van der Waals surface area contributed by atoms with Gasteiger partial charge in [-0.1, -0.05) is 6.92 Å². The molecule has 118 valence electrons. The van der Waals surface area contributed by atoms with Crippen LogP contribution in [-0.4, -0.2) is 49.5 Å². The summed E-state index contributed by atoms with van der Waals surface area (Å²) in [5.74, 6) is 0. The van der Waals surface area contributed by atoms with E-state index in [1.165, 1.54) is 23.5 Å². The summed E-state index contributed by atoms with van der Waals surface area (Å²) >= 11 is 0. The Kier molecular flexibility index (Phi) is 6.06. The van der Waals surface area contributed by atoms with Crippen LogP contribution < -0.4 is 5.32 Å². The smallest absolute Gasteiger partial charge is 0.293 e. The van der Waals surface area contributed by atoms with Crippen molar-refractivity contribution < 1.29 is 18.4 Å². The number of rotatable bonds is 8. The van der Waals surface area contributed by atoms with E-state index in [4.69, 9.17) is 5.11 Å². The van der Waals surface area contributed by atoms with Gasteiger partial charge in [0.1, 0.15) is 5.69 Å². The van der Waals surface area contributed by atoms with Crippen molar-refractivity contribution in [2.75, 3.05) is 32.1 Å². The maximum absolute atomic E-state index is 12.4. The number of hydrogen-bond acceptors (Lipinski definition) is 6. The fourth-order valence-corrected chi connectivity index (χ4v) is 3.39. The number of anilines is 1. The topological polar surface area (TPSA) is 113 Å². The molecule has 0 aliphatic heterocycles. The van der Waals surface area contributed by atoms with E-state index < -0.39 is 14.9 Å². The zero-order valence-electron chi connectivity index (χ0n) is 11.9. The number of nitrogens with zero attached hydrogens (tertiary/aromatic N) is 2. The Balaban J connectivity index is 3.24. The van der Waals surface area contributed by atoms with E-state index in [1.807, 2.05) is 0 Å². The van der Waals surface area contributed by atoms with E-state index >= 15 is 0 Å². The molecule has 0 aliphatic rings. The minimum absolute atomic E-state index is 0.120. The molecule has 0 atom stereocenters. The van der Waals surface area contributed by atoms with Gasteiger partial charge in [0.25, 0.3) is 5.69 Å². The fourth-order valence-electron chi connectivity index (χ4n) is 1.88. The third-order valence-corrected chi connectivity index (χ3v) is 4.96. The van der Waals surface area contributed by atoms with Gasteiger partial charge in [-0.2, -0.15) is 4.31 Å². The summed E-state index contributed by atoms with van der Waals surface area (Å²) in [6.07, 6.45) is 0.309. The standard InChI is InChI=1S/C12H19N3O5S/c1-3-14(7-4-8-16)21(19,20)10-5-6-11(13-2)12(9-10)15(17)18/h5-6,9,13,16H,3-4,7-8H2,1-2H3. The summed E-state index contributed by atoms with van der Waals surface area (Å²) in [4.78, 5) is 10.2. The van der Waals surface area contributed by atoms with Crippen LogP contribution in [0.4, 0.5) is 11.4 Å². The molecule has 0 bridgehead atoms. The Labute approximate surface area is 123 Å². The molecule has 0 unspecified atom stereocenters. The van der Waals surface area contributed by atoms with Crippen LogP contribution in [0.1, 0.15) is 13.3 Å². The summed E-state index contributed by atoms with van der Waals surface area (Å²) in [5.41, 5.74) is -0.0471. The Morgan fingerprint density at radius 2 is 2.10 bits per heavy atom. The molecular weight excluding hydrogens is 298 g/mol. The van der Waals surface area contributed by atoms with Gasteiger partial charge in [-0.15, -0.1) is 0 Å². The zero-order valence-corrected chi connectivity index (χ0v) is 12.8. The molecule has 1 aromatic rings. The summed E-state index contributed by atoms with van der Waals surface area (Å²) in [6, 6.07) is 3.74. The third-order valence-electron chi connectivity index (χ3n) is 2.99. The quantitative estimate of drug-likeness (QED) is 0.547. The Hall–Kier alpha value is -1.71. The normalized spacial score (nSPS) is 11.6. The molecule has 8 nitrogen and oxygen atoms in total. The highest BCUT2D eigenvalue weighted by Gasteiger charge is 2.26. The molecule has 0 amide bonds. The van der Waals surface area contributed by atoms with Crippen molar-refractivity contribution in [3.8, 4) is 0 Å². The van der Waals surface area contributed by atoms with Crippen molar-refractivity contribution in [2.45, 2.75) is 18.2 Å². The summed E-state index contributed by atoms with van der Waals surface area (Å²) < 4.78 is 26.1. The van der Waals surface area contributed by atoms with Crippen molar-refractivity contribution in [1.82, 2.24) is 4.31 Å². The van der Waals surface area contributed by atoms with Crippen LogP contribution in [0.15, 0.2) is 23.1 Å². The first-order valence-corrected chi connectivity index (χ1v) is 7.89. The van der Waals surface area contributed by atoms with Gasteiger partial charge in [0.2, 0.25) is 10.0 Å². The largest absolute Gasteiger partial charge is 0.396 e. The molecule has 0 aromatic heterocycles. The van der Waals surface area contributed by atoms with Crippen LogP contribution >= 0.6 is 0 Å². The van der Waals surface area contributed by atoms with Crippen molar-refractivity contribution in [2.24, 2.45) is 0 Å². The van der Waals surface area contributed by atoms with Gasteiger partial charge in [-0.3, -0.25) is 10.1 Å². The van der Waals surface area contributed by atoms with E-state index in [2.05, 4.69) is 5.32 Å². The van der Waals surface area contributed by atoms with E-state index in [-0.39, 0.29) is 36.0 Å². The second-order valence-electron chi connectivity index (χ2n) is 4.26. The first kappa shape index (κ1) is 17.3. The minimum Gasteiger partial charge on any atom is -0.396 e. The average Bonchev–Trinajstić information content (AvgIpc) is 2.46. The van der Waals surface area contributed by atoms with Crippen LogP contribution in [0.25, 0.3) is 0 Å². The van der Waals surface area contributed by atoms with Gasteiger partial charge < -0.3 is 10.4 Å². The van der Waals surface area contributed by atoms with E-state index in [0.717, 1.165) is 6.07 Å². The van der Waals surface area contributed by atoms with Crippen LogP contribution in [0.5, 0.6) is 0 Å². The van der Waals surface area contributed by atoms with Gasteiger partial charge >= 0.3 is 0 Å². The first-order chi connectivity index (χ1) is 9.88. The van der Waals surface area contributed by atoms with Crippen molar-refractivity contribution in [1.29, 1.82) is 0 Å². The minimum atomic E-state index is -3.81. The zero-order chi connectivity index (χ0) is 16.0. The number of nitro benzene ring substituents is 1. The Morgan fingerprint density at radius 1 is 1.43 bits per heavy atom. The number of hydrogen-bond donors (Lipinski definition) is 2. The molecule has 0 radical (unpaired) electrons. The second-order valence-corrected chi connectivity index (χ2v) is 6.20. The number of sulfonamides is 1.